The molecule has 5 nitrogen and oxygen atoms in total. The third-order valence-corrected chi connectivity index (χ3v) is 4.10. The molecule has 2 aromatic carbocycles. The number of nitrogens with one attached hydrogen (secondary N) is 1. The average Bonchev–Trinajstić information content (AvgIpc) is 2.57. The Balaban J connectivity index is 1.90. The van der Waals surface area contributed by atoms with Crippen molar-refractivity contribution in [2.75, 3.05) is 11.9 Å². The largest absolute Gasteiger partial charge is 0.480 e. The van der Waals surface area contributed by atoms with E-state index in [0.29, 0.717) is 10.8 Å². The van der Waals surface area contributed by atoms with Crippen LogP contribution in [0.4, 0.5) is 5.69 Å². The van der Waals surface area contributed by atoms with Crippen LogP contribution < -0.4 is 10.1 Å². The Hall–Kier alpha value is -2.53. The van der Waals surface area contributed by atoms with Crippen LogP contribution in [0.2, 0.25) is 5.02 Å². The fourth-order valence-corrected chi connectivity index (χ4v) is 2.78. The van der Waals surface area contributed by atoms with Gasteiger partial charge in [0, 0.05) is 5.69 Å². The molecule has 138 valence electrons. The number of benzene rings is 2. The number of aryl methyl sites for hydroxylation is 3. The zero-order chi connectivity index (χ0) is 19.3. The number of amides is 1. The van der Waals surface area contributed by atoms with E-state index in [1.807, 2.05) is 32.9 Å². The summed E-state index contributed by atoms with van der Waals surface area (Å²) in [5.74, 6) is -0.662. The third kappa shape index (κ3) is 5.23. The van der Waals surface area contributed by atoms with Crippen LogP contribution in [0.3, 0.4) is 0 Å². The van der Waals surface area contributed by atoms with Crippen molar-refractivity contribution in [3.63, 3.8) is 0 Å². The maximum absolute atomic E-state index is 12.3. The molecule has 0 bridgehead atoms. The lowest BCUT2D eigenvalue weighted by atomic mass is 10.0. The number of carbonyl (C=O) groups excluding carboxylic acids is 2. The maximum atomic E-state index is 12.3. The van der Waals surface area contributed by atoms with Crippen molar-refractivity contribution < 1.29 is 19.1 Å². The van der Waals surface area contributed by atoms with E-state index in [0.717, 1.165) is 22.4 Å². The van der Waals surface area contributed by atoms with E-state index in [9.17, 15) is 9.59 Å². The first-order valence-corrected chi connectivity index (χ1v) is 8.61. The quantitative estimate of drug-likeness (QED) is 0.768. The van der Waals surface area contributed by atoms with E-state index < -0.39 is 18.0 Å². The first kappa shape index (κ1) is 19.8. The van der Waals surface area contributed by atoms with Gasteiger partial charge in [0.25, 0.3) is 5.91 Å². The minimum atomic E-state index is -0.947. The standard InChI is InChI=1S/C20H22ClNO4/c1-12-9-13(2)19(14(3)10-12)22-20(24)15(4)26-18(23)11-25-17-8-6-5-7-16(17)21/h5-10,15H,11H2,1-4H3,(H,22,24)/t15-/m1/s1. The third-order valence-electron chi connectivity index (χ3n) is 3.78. The Kier molecular flexibility index (Phi) is 6.64. The summed E-state index contributed by atoms with van der Waals surface area (Å²) in [6.45, 7) is 7.02. The summed E-state index contributed by atoms with van der Waals surface area (Å²) in [4.78, 5) is 24.2. The second kappa shape index (κ2) is 8.72. The maximum Gasteiger partial charge on any atom is 0.344 e. The van der Waals surface area contributed by atoms with E-state index in [1.54, 1.807) is 24.3 Å². The zero-order valence-electron chi connectivity index (χ0n) is 15.3. The summed E-state index contributed by atoms with van der Waals surface area (Å²) in [6.07, 6.45) is -0.947. The van der Waals surface area contributed by atoms with Gasteiger partial charge in [-0.3, -0.25) is 4.79 Å². The summed E-state index contributed by atoms with van der Waals surface area (Å²) < 4.78 is 10.4. The fourth-order valence-electron chi connectivity index (χ4n) is 2.59. The van der Waals surface area contributed by atoms with Crippen molar-refractivity contribution in [3.05, 3.63) is 58.1 Å². The Morgan fingerprint density at radius 1 is 1.12 bits per heavy atom. The minimum absolute atomic E-state index is 0.329. The summed E-state index contributed by atoms with van der Waals surface area (Å²) in [6, 6.07) is 10.8. The lowest BCUT2D eigenvalue weighted by molar-refractivity contribution is -0.155. The second-order valence-corrected chi connectivity index (χ2v) is 6.52. The zero-order valence-corrected chi connectivity index (χ0v) is 16.0. The topological polar surface area (TPSA) is 64.6 Å². The summed E-state index contributed by atoms with van der Waals surface area (Å²) in [5.41, 5.74) is 3.76. The highest BCUT2D eigenvalue weighted by molar-refractivity contribution is 6.32. The SMILES string of the molecule is Cc1cc(C)c(NC(=O)[C@@H](C)OC(=O)COc2ccccc2Cl)c(C)c1. The van der Waals surface area contributed by atoms with Crippen molar-refractivity contribution in [1.29, 1.82) is 0 Å². The number of hydrogen-bond acceptors (Lipinski definition) is 4. The second-order valence-electron chi connectivity index (χ2n) is 6.11. The van der Waals surface area contributed by atoms with Crippen LogP contribution in [-0.4, -0.2) is 24.6 Å². The molecule has 1 N–H and O–H groups in total. The summed E-state index contributed by atoms with van der Waals surface area (Å²) in [5, 5.41) is 3.22. The molecule has 0 aliphatic rings. The molecule has 0 saturated carbocycles. The molecule has 0 radical (unpaired) electrons. The molecule has 2 rings (SSSR count). The molecule has 1 amide bonds. The van der Waals surface area contributed by atoms with Gasteiger partial charge in [-0.15, -0.1) is 0 Å². The van der Waals surface area contributed by atoms with E-state index in [2.05, 4.69) is 5.32 Å². The van der Waals surface area contributed by atoms with Crippen LogP contribution >= 0.6 is 11.6 Å². The van der Waals surface area contributed by atoms with Gasteiger partial charge in [-0.2, -0.15) is 0 Å². The number of ether oxygens (including phenoxy) is 2. The van der Waals surface area contributed by atoms with Gasteiger partial charge in [0.05, 0.1) is 5.02 Å². The molecular weight excluding hydrogens is 354 g/mol. The number of anilines is 1. The molecule has 0 saturated heterocycles. The Bertz CT molecular complexity index is 796. The first-order chi connectivity index (χ1) is 12.3. The number of esters is 1. The highest BCUT2D eigenvalue weighted by Gasteiger charge is 2.20. The van der Waals surface area contributed by atoms with Crippen molar-refractivity contribution in [2.45, 2.75) is 33.8 Å². The predicted molar refractivity (Wildman–Crippen MR) is 102 cm³/mol. The minimum Gasteiger partial charge on any atom is -0.480 e. The number of rotatable bonds is 6. The fraction of sp³-hybridized carbons (Fsp3) is 0.300. The number of halogens is 1. The molecule has 6 heteroatoms. The van der Waals surface area contributed by atoms with Crippen LogP contribution in [-0.2, 0) is 14.3 Å². The molecule has 0 unspecified atom stereocenters. The van der Waals surface area contributed by atoms with Crippen LogP contribution in [0.15, 0.2) is 36.4 Å². The van der Waals surface area contributed by atoms with Gasteiger partial charge in [-0.1, -0.05) is 41.4 Å². The smallest absolute Gasteiger partial charge is 0.344 e. The molecule has 0 heterocycles. The molecular formula is C20H22ClNO4. The molecule has 0 aliphatic heterocycles. The van der Waals surface area contributed by atoms with Crippen LogP contribution in [0, 0.1) is 20.8 Å². The van der Waals surface area contributed by atoms with Gasteiger partial charge in [0.2, 0.25) is 0 Å². The molecule has 2 aromatic rings. The predicted octanol–water partition coefficient (Wildman–Crippen LogP) is 4.21. The van der Waals surface area contributed by atoms with E-state index >= 15 is 0 Å². The van der Waals surface area contributed by atoms with Crippen molar-refractivity contribution in [1.82, 2.24) is 0 Å². The van der Waals surface area contributed by atoms with Gasteiger partial charge in [-0.05, 0) is 51.0 Å². The lowest BCUT2D eigenvalue weighted by Crippen LogP contribution is -2.32. The van der Waals surface area contributed by atoms with Gasteiger partial charge < -0.3 is 14.8 Å². The van der Waals surface area contributed by atoms with Crippen LogP contribution in [0.5, 0.6) is 5.75 Å². The molecule has 1 atom stereocenters. The van der Waals surface area contributed by atoms with Crippen LogP contribution in [0.25, 0.3) is 0 Å². The van der Waals surface area contributed by atoms with Gasteiger partial charge >= 0.3 is 5.97 Å². The van der Waals surface area contributed by atoms with Gasteiger partial charge in [-0.25, -0.2) is 4.79 Å². The van der Waals surface area contributed by atoms with Crippen molar-refractivity contribution >= 4 is 29.2 Å². The Morgan fingerprint density at radius 3 is 2.35 bits per heavy atom. The highest BCUT2D eigenvalue weighted by Crippen LogP contribution is 2.23. The molecule has 0 spiro atoms. The van der Waals surface area contributed by atoms with E-state index in [1.165, 1.54) is 6.92 Å². The van der Waals surface area contributed by atoms with E-state index in [4.69, 9.17) is 21.1 Å². The normalized spacial score (nSPS) is 11.6. The Morgan fingerprint density at radius 2 is 1.73 bits per heavy atom. The number of carbonyl (C=O) groups is 2. The van der Waals surface area contributed by atoms with E-state index in [-0.39, 0.29) is 6.61 Å². The van der Waals surface area contributed by atoms with Gasteiger partial charge in [0.15, 0.2) is 12.7 Å². The summed E-state index contributed by atoms with van der Waals surface area (Å²) in [7, 11) is 0. The number of hydrogen-bond donors (Lipinski definition) is 1. The first-order valence-electron chi connectivity index (χ1n) is 8.23. The molecule has 0 fully saturated rings. The monoisotopic (exact) mass is 375 g/mol. The lowest BCUT2D eigenvalue weighted by Gasteiger charge is -2.17. The average molecular weight is 376 g/mol. The van der Waals surface area contributed by atoms with Crippen LogP contribution in [0.1, 0.15) is 23.6 Å². The van der Waals surface area contributed by atoms with Crippen molar-refractivity contribution in [2.24, 2.45) is 0 Å². The molecule has 0 aromatic heterocycles. The van der Waals surface area contributed by atoms with Gasteiger partial charge in [0.1, 0.15) is 5.75 Å². The molecule has 0 aliphatic carbocycles. The molecule has 26 heavy (non-hydrogen) atoms. The summed E-state index contributed by atoms with van der Waals surface area (Å²) >= 11 is 5.95. The van der Waals surface area contributed by atoms with Crippen molar-refractivity contribution in [3.8, 4) is 5.75 Å². The highest BCUT2D eigenvalue weighted by atomic mass is 35.5. The number of para-hydroxylation sites is 1. The Labute approximate surface area is 158 Å².